The second-order valence-corrected chi connectivity index (χ2v) is 15.6. The summed E-state index contributed by atoms with van der Waals surface area (Å²) in [5.74, 6) is -0.886. The van der Waals surface area contributed by atoms with E-state index in [1.54, 1.807) is 42.6 Å². The molecule has 0 fully saturated rings. The third kappa shape index (κ3) is 8.61. The van der Waals surface area contributed by atoms with Crippen LogP contribution in [0.2, 0.25) is 10.0 Å². The highest BCUT2D eigenvalue weighted by atomic mass is 35.5. The molecule has 0 amide bonds. The van der Waals surface area contributed by atoms with Gasteiger partial charge in [0, 0.05) is 40.4 Å². The van der Waals surface area contributed by atoms with Gasteiger partial charge in [0.05, 0.1) is 40.8 Å². The van der Waals surface area contributed by atoms with Crippen LogP contribution in [0.1, 0.15) is 22.4 Å². The Labute approximate surface area is 356 Å². The molecule has 2 aliphatic rings. The van der Waals surface area contributed by atoms with Gasteiger partial charge in [0.1, 0.15) is 54.1 Å². The molecular formula is C43H36Cl2F3N7O4S. The monoisotopic (exact) mass is 873 g/mol. The van der Waals surface area contributed by atoms with E-state index in [0.717, 1.165) is 38.3 Å². The molecule has 7 aromatic rings. The van der Waals surface area contributed by atoms with Crippen LogP contribution in [0.3, 0.4) is 0 Å². The number of nitrogens with one attached hydrogen (secondary N) is 1. The van der Waals surface area contributed by atoms with Gasteiger partial charge >= 0.3 is 0 Å². The number of hydrogen-bond donors (Lipinski definition) is 2. The van der Waals surface area contributed by atoms with Crippen molar-refractivity contribution in [3.05, 3.63) is 118 Å². The highest BCUT2D eigenvalue weighted by Crippen LogP contribution is 2.52. The summed E-state index contributed by atoms with van der Waals surface area (Å²) >= 11 is 15.5. The SMILES string of the molecule is Cc1c(Cl)c2c(Cl)c(C)c1-c1c(-c3ccc(F)cc3)sc3ncnc(c13)OCCc1cc(ccc1OCc1ccnc(-c3ccc(NCC(F)(F)CN)nc3)n1)OCCO2. The molecule has 0 atom stereocenters. The molecule has 4 bridgehead atoms. The van der Waals surface area contributed by atoms with Crippen LogP contribution in [0.25, 0.3) is 43.2 Å². The van der Waals surface area contributed by atoms with Crippen LogP contribution in [-0.4, -0.2) is 63.8 Å². The van der Waals surface area contributed by atoms with Gasteiger partial charge in [0.25, 0.3) is 5.92 Å². The quantitative estimate of drug-likeness (QED) is 0.143. The summed E-state index contributed by atoms with van der Waals surface area (Å²) in [5, 5.41) is 3.96. The Morgan fingerprint density at radius 1 is 0.867 bits per heavy atom. The normalized spacial score (nSPS) is 13.0. The zero-order valence-electron chi connectivity index (χ0n) is 32.2. The lowest BCUT2D eigenvalue weighted by molar-refractivity contribution is 0.0253. The second-order valence-electron chi connectivity index (χ2n) is 13.8. The molecule has 308 valence electrons. The van der Waals surface area contributed by atoms with Gasteiger partial charge in [-0.05, 0) is 84.6 Å². The second kappa shape index (κ2) is 17.5. The fourth-order valence-corrected chi connectivity index (χ4v) is 8.41. The maximum atomic E-state index is 14.1. The largest absolute Gasteiger partial charge is 0.490 e. The summed E-state index contributed by atoms with van der Waals surface area (Å²) in [7, 11) is 0. The van der Waals surface area contributed by atoms with E-state index in [-0.39, 0.29) is 38.1 Å². The molecule has 0 saturated heterocycles. The molecule has 0 saturated carbocycles. The van der Waals surface area contributed by atoms with E-state index in [4.69, 9.17) is 47.9 Å². The molecule has 0 radical (unpaired) electrons. The van der Waals surface area contributed by atoms with Gasteiger partial charge in [-0.1, -0.05) is 35.3 Å². The number of fused-ring (bicyclic) bond motifs is 7. The Bertz CT molecular complexity index is 2660. The molecular weight excluding hydrogens is 838 g/mol. The first-order chi connectivity index (χ1) is 29.0. The zero-order valence-corrected chi connectivity index (χ0v) is 34.5. The fourth-order valence-electron chi connectivity index (χ4n) is 6.73. The molecule has 0 spiro atoms. The van der Waals surface area contributed by atoms with Crippen molar-refractivity contribution in [2.75, 3.05) is 38.2 Å². The van der Waals surface area contributed by atoms with Crippen LogP contribution < -0.4 is 30.0 Å². The summed E-state index contributed by atoms with van der Waals surface area (Å²) in [6, 6.07) is 16.8. The minimum atomic E-state index is -3.05. The summed E-state index contributed by atoms with van der Waals surface area (Å²) in [6.45, 7) is 3.06. The summed E-state index contributed by atoms with van der Waals surface area (Å²) in [5.41, 5.74) is 10.9. The summed E-state index contributed by atoms with van der Waals surface area (Å²) in [6.07, 6.45) is 4.97. The van der Waals surface area contributed by atoms with E-state index < -0.39 is 19.0 Å². The minimum absolute atomic E-state index is 0.104. The minimum Gasteiger partial charge on any atom is -0.490 e. The molecule has 3 N–H and O–H groups in total. The Kier molecular flexibility index (Phi) is 11.9. The van der Waals surface area contributed by atoms with Crippen LogP contribution in [-0.2, 0) is 13.0 Å². The van der Waals surface area contributed by atoms with E-state index in [1.807, 2.05) is 26.0 Å². The number of anilines is 1. The molecule has 11 nitrogen and oxygen atoms in total. The Balaban J connectivity index is 1.09. The van der Waals surface area contributed by atoms with Gasteiger partial charge in [-0.2, -0.15) is 0 Å². The Hall–Kier alpha value is -5.74. The van der Waals surface area contributed by atoms with Gasteiger partial charge in [-0.3, -0.25) is 0 Å². The lowest BCUT2D eigenvalue weighted by Gasteiger charge is -2.20. The molecule has 0 unspecified atom stereocenters. The molecule has 60 heavy (non-hydrogen) atoms. The van der Waals surface area contributed by atoms with Crippen LogP contribution in [0.15, 0.2) is 79.4 Å². The molecule has 3 aromatic carbocycles. The van der Waals surface area contributed by atoms with Crippen molar-refractivity contribution in [1.29, 1.82) is 0 Å². The van der Waals surface area contributed by atoms with Gasteiger partial charge in [-0.25, -0.2) is 38.1 Å². The van der Waals surface area contributed by atoms with E-state index in [9.17, 15) is 13.2 Å². The van der Waals surface area contributed by atoms with Crippen LogP contribution in [0.5, 0.6) is 23.1 Å². The molecule has 17 heteroatoms. The van der Waals surface area contributed by atoms with Crippen molar-refractivity contribution < 1.29 is 32.1 Å². The molecule has 6 heterocycles. The van der Waals surface area contributed by atoms with Crippen molar-refractivity contribution in [3.8, 4) is 56.1 Å². The van der Waals surface area contributed by atoms with E-state index in [0.29, 0.717) is 66.9 Å². The van der Waals surface area contributed by atoms with Gasteiger partial charge < -0.3 is 30.0 Å². The van der Waals surface area contributed by atoms with Crippen molar-refractivity contribution >= 4 is 50.6 Å². The summed E-state index contributed by atoms with van der Waals surface area (Å²) in [4.78, 5) is 23.9. The van der Waals surface area contributed by atoms with Crippen molar-refractivity contribution in [2.24, 2.45) is 5.73 Å². The third-order valence-electron chi connectivity index (χ3n) is 9.79. The van der Waals surface area contributed by atoms with E-state index >= 15 is 0 Å². The standard InChI is InChI=1S/C43H36Cl2F3N7O4S/c1-23-33-24(2)37(45)38(36(23)44)57-16-15-56-30-8-9-31(59-19-29-11-13-50-40(55-29)27-5-10-32(51-18-27)52-21-43(47,48)20-49)26(17-30)12-14-58-41-35-34(33)39(60-42(35)54-22-53-41)25-3-6-28(46)7-4-25/h3-11,13,17-18,22H,12,14-16,19-21,49H2,1-2H3,(H,51,52). The zero-order chi connectivity index (χ0) is 42.0. The number of ether oxygens (including phenoxy) is 4. The average molecular weight is 875 g/mol. The Morgan fingerprint density at radius 3 is 2.38 bits per heavy atom. The van der Waals surface area contributed by atoms with Crippen LogP contribution >= 0.6 is 34.5 Å². The Morgan fingerprint density at radius 2 is 1.63 bits per heavy atom. The number of alkyl halides is 2. The number of nitrogens with two attached hydrogens (primary N) is 1. The number of nitrogens with zero attached hydrogens (tertiary/aromatic N) is 5. The number of rotatable bonds is 9. The van der Waals surface area contributed by atoms with Gasteiger partial charge in [-0.15, -0.1) is 11.3 Å². The lowest BCUT2D eigenvalue weighted by atomic mass is 9.92. The molecule has 0 aliphatic carbocycles. The maximum absolute atomic E-state index is 14.1. The van der Waals surface area contributed by atoms with Gasteiger partial charge in [0.2, 0.25) is 5.88 Å². The molecule has 9 rings (SSSR count). The number of aromatic nitrogens is 5. The number of hydrogen-bond acceptors (Lipinski definition) is 12. The predicted octanol–water partition coefficient (Wildman–Crippen LogP) is 9.92. The van der Waals surface area contributed by atoms with E-state index in [2.05, 4.69) is 30.2 Å². The smallest absolute Gasteiger partial charge is 0.276 e. The number of pyridine rings is 1. The first-order valence-corrected chi connectivity index (χ1v) is 20.3. The topological polar surface area (TPSA) is 139 Å². The third-order valence-corrected chi connectivity index (χ3v) is 11.9. The van der Waals surface area contributed by atoms with Crippen molar-refractivity contribution in [2.45, 2.75) is 32.8 Å². The summed E-state index contributed by atoms with van der Waals surface area (Å²) < 4.78 is 66.4. The van der Waals surface area contributed by atoms with Crippen molar-refractivity contribution in [3.63, 3.8) is 0 Å². The first kappa shape index (κ1) is 41.0. The number of benzene rings is 3. The highest BCUT2D eigenvalue weighted by Gasteiger charge is 2.29. The number of thiophene rings is 1. The average Bonchev–Trinajstić information content (AvgIpc) is 3.64. The number of halogens is 5. The molecule has 2 aliphatic heterocycles. The lowest BCUT2D eigenvalue weighted by Crippen LogP contribution is -2.35. The first-order valence-electron chi connectivity index (χ1n) is 18.8. The molecule has 4 aromatic heterocycles. The van der Waals surface area contributed by atoms with Crippen LogP contribution in [0.4, 0.5) is 19.0 Å². The fraction of sp³-hybridized carbons (Fsp3) is 0.233. The maximum Gasteiger partial charge on any atom is 0.276 e. The van der Waals surface area contributed by atoms with Crippen LogP contribution in [0, 0.1) is 19.7 Å². The van der Waals surface area contributed by atoms with Gasteiger partial charge in [0.15, 0.2) is 11.6 Å². The predicted molar refractivity (Wildman–Crippen MR) is 226 cm³/mol. The van der Waals surface area contributed by atoms with Crippen molar-refractivity contribution in [1.82, 2.24) is 24.9 Å². The van der Waals surface area contributed by atoms with E-state index in [1.165, 1.54) is 36.0 Å². The highest BCUT2D eigenvalue weighted by molar-refractivity contribution is 7.22.